The topological polar surface area (TPSA) is 204 Å². The number of nitrogens with one attached hydrogen (secondary N) is 2. The molecule has 17 heteroatoms. The third-order valence-electron chi connectivity index (χ3n) is 8.84. The molecule has 1 aliphatic heterocycles. The van der Waals surface area contributed by atoms with Gasteiger partial charge in [-0.1, -0.05) is 12.2 Å². The van der Waals surface area contributed by atoms with E-state index in [0.29, 0.717) is 90.4 Å². The summed E-state index contributed by atoms with van der Waals surface area (Å²) in [5.74, 6) is -0.203. The van der Waals surface area contributed by atoms with Crippen LogP contribution in [0.5, 0.6) is 5.75 Å². The largest absolute Gasteiger partial charge is 0.491 e. The molecule has 17 nitrogen and oxygen atoms in total. The molecule has 53 heavy (non-hydrogen) atoms. The number of fused-ring (bicyclic) bond motifs is 2. The first-order valence-corrected chi connectivity index (χ1v) is 17.4. The molecule has 7 rings (SSSR count). The highest BCUT2D eigenvalue weighted by atomic mass is 16.5. The molecule has 0 bridgehead atoms. The van der Waals surface area contributed by atoms with Crippen molar-refractivity contribution in [3.05, 3.63) is 83.1 Å². The van der Waals surface area contributed by atoms with Crippen LogP contribution in [0.25, 0.3) is 22.2 Å². The van der Waals surface area contributed by atoms with Crippen molar-refractivity contribution in [1.29, 1.82) is 0 Å². The van der Waals surface area contributed by atoms with E-state index in [9.17, 15) is 14.4 Å². The van der Waals surface area contributed by atoms with E-state index < -0.39 is 11.8 Å². The monoisotopic (exact) mass is 720 g/mol. The van der Waals surface area contributed by atoms with E-state index in [1.807, 2.05) is 50.5 Å². The van der Waals surface area contributed by atoms with Crippen LogP contribution in [0.15, 0.2) is 54.7 Å². The van der Waals surface area contributed by atoms with Crippen LogP contribution < -0.4 is 21.1 Å². The normalized spacial score (nSPS) is 13.2. The zero-order chi connectivity index (χ0) is 37.2. The summed E-state index contributed by atoms with van der Waals surface area (Å²) < 4.78 is 18.4. The lowest BCUT2D eigenvalue weighted by molar-refractivity contribution is -0.0506. The molecule has 0 spiro atoms. The SMILES string of the molecule is CCn1nc(C)cc1C(=O)Nc1nc2cccnc2n1C/C=C/Cn1c(NC(=O)c2cc(C)nn2CC)nc2cc(C(N)=O)cc(OCC3COC3)c21. The molecule has 0 radical (unpaired) electrons. The molecule has 1 fully saturated rings. The molecule has 3 amide bonds. The summed E-state index contributed by atoms with van der Waals surface area (Å²) >= 11 is 0. The second-order valence-corrected chi connectivity index (χ2v) is 12.7. The maximum atomic E-state index is 13.6. The highest BCUT2D eigenvalue weighted by molar-refractivity contribution is 6.04. The van der Waals surface area contributed by atoms with Crippen molar-refractivity contribution >= 4 is 51.8 Å². The zero-order valence-electron chi connectivity index (χ0n) is 29.9. The maximum absolute atomic E-state index is 13.6. The summed E-state index contributed by atoms with van der Waals surface area (Å²) in [5, 5.41) is 14.7. The summed E-state index contributed by atoms with van der Waals surface area (Å²) in [5.41, 5.74) is 10.4. The Hall–Kier alpha value is -6.36. The van der Waals surface area contributed by atoms with Crippen molar-refractivity contribution in [3.63, 3.8) is 0 Å². The average Bonchev–Trinajstić information content (AvgIpc) is 3.88. The minimum absolute atomic E-state index is 0.204. The van der Waals surface area contributed by atoms with Gasteiger partial charge in [-0.15, -0.1) is 0 Å². The van der Waals surface area contributed by atoms with Gasteiger partial charge < -0.3 is 19.8 Å². The first-order chi connectivity index (χ1) is 25.6. The van der Waals surface area contributed by atoms with Crippen molar-refractivity contribution in [2.75, 3.05) is 30.5 Å². The summed E-state index contributed by atoms with van der Waals surface area (Å²) in [6.45, 7) is 10.6. The fourth-order valence-corrected chi connectivity index (χ4v) is 6.20. The molecule has 274 valence electrons. The van der Waals surface area contributed by atoms with E-state index in [4.69, 9.17) is 20.2 Å². The number of aryl methyl sites for hydroxylation is 4. The molecule has 0 unspecified atom stereocenters. The van der Waals surface area contributed by atoms with Gasteiger partial charge in [0.1, 0.15) is 28.2 Å². The van der Waals surface area contributed by atoms with Crippen LogP contribution in [-0.4, -0.2) is 81.2 Å². The molecule has 6 aromatic rings. The van der Waals surface area contributed by atoms with Gasteiger partial charge in [0, 0.05) is 43.9 Å². The molecule has 6 heterocycles. The number of imidazole rings is 2. The van der Waals surface area contributed by atoms with Gasteiger partial charge in [-0.3, -0.25) is 38.9 Å². The van der Waals surface area contributed by atoms with Crippen molar-refractivity contribution in [3.8, 4) is 5.75 Å². The second-order valence-electron chi connectivity index (χ2n) is 12.7. The van der Waals surface area contributed by atoms with Crippen LogP contribution >= 0.6 is 0 Å². The number of rotatable bonds is 14. The molecule has 1 saturated heterocycles. The summed E-state index contributed by atoms with van der Waals surface area (Å²) in [7, 11) is 0. The highest BCUT2D eigenvalue weighted by Crippen LogP contribution is 2.32. The number of ether oxygens (including phenoxy) is 2. The van der Waals surface area contributed by atoms with Crippen LogP contribution in [-0.2, 0) is 30.9 Å². The third kappa shape index (κ3) is 7.10. The van der Waals surface area contributed by atoms with Gasteiger partial charge in [0.2, 0.25) is 17.8 Å². The van der Waals surface area contributed by atoms with Crippen LogP contribution in [0.4, 0.5) is 11.9 Å². The number of aromatic nitrogens is 9. The number of nitrogens with two attached hydrogens (primary N) is 1. The fraction of sp³-hybridized carbons (Fsp3) is 0.333. The van der Waals surface area contributed by atoms with E-state index in [0.717, 1.165) is 5.69 Å². The predicted octanol–water partition coefficient (Wildman–Crippen LogP) is 3.72. The number of allylic oxidation sites excluding steroid dienone is 2. The molecule has 5 aromatic heterocycles. The Morgan fingerprint density at radius 3 is 2.08 bits per heavy atom. The number of carbonyl (C=O) groups is 3. The molecule has 4 N–H and O–H groups in total. The van der Waals surface area contributed by atoms with Gasteiger partial charge in [0.05, 0.1) is 36.7 Å². The molecule has 0 atom stereocenters. The number of benzene rings is 1. The van der Waals surface area contributed by atoms with E-state index >= 15 is 0 Å². The Bertz CT molecular complexity index is 2380. The van der Waals surface area contributed by atoms with Gasteiger partial charge >= 0.3 is 0 Å². The van der Waals surface area contributed by atoms with Gasteiger partial charge in [-0.05, 0) is 64.1 Å². The Balaban J connectivity index is 1.22. The Morgan fingerprint density at radius 2 is 1.49 bits per heavy atom. The standard InChI is InChI=1S/C36H40N12O5/c1-5-47-27(14-21(3)43-47)33(50)41-35-40-26-16-24(31(37)49)17-29(53-20-23-18-52-19-23)30(26)45(35)12-7-8-13-46-32-25(10-9-11-38-32)39-36(46)42-34(51)28-15-22(4)44-48(28)6-2/h7-11,14-17,23H,5-6,12-13,18-20H2,1-4H3,(H2,37,49)(H,39,42,51)(H,40,41,50)/b8-7+. The van der Waals surface area contributed by atoms with Crippen LogP contribution in [0.2, 0.25) is 0 Å². The van der Waals surface area contributed by atoms with Crippen LogP contribution in [0, 0.1) is 19.8 Å². The highest BCUT2D eigenvalue weighted by Gasteiger charge is 2.24. The number of amides is 3. The van der Waals surface area contributed by atoms with Crippen LogP contribution in [0.1, 0.15) is 56.6 Å². The lowest BCUT2D eigenvalue weighted by atomic mass is 10.1. The maximum Gasteiger partial charge on any atom is 0.276 e. The van der Waals surface area contributed by atoms with Gasteiger partial charge in [-0.2, -0.15) is 10.2 Å². The smallest absolute Gasteiger partial charge is 0.276 e. The summed E-state index contributed by atoms with van der Waals surface area (Å²) in [6.07, 6.45) is 5.48. The number of hydrogen-bond donors (Lipinski definition) is 3. The van der Waals surface area contributed by atoms with Gasteiger partial charge in [-0.25, -0.2) is 15.0 Å². The van der Waals surface area contributed by atoms with E-state index in [-0.39, 0.29) is 29.9 Å². The predicted molar refractivity (Wildman–Crippen MR) is 196 cm³/mol. The second kappa shape index (κ2) is 14.7. The first-order valence-electron chi connectivity index (χ1n) is 17.4. The number of primary amides is 1. The first kappa shape index (κ1) is 35.1. The van der Waals surface area contributed by atoms with Crippen molar-refractivity contribution in [1.82, 2.24) is 43.6 Å². The number of anilines is 2. The van der Waals surface area contributed by atoms with E-state index in [1.54, 1.807) is 50.5 Å². The van der Waals surface area contributed by atoms with Crippen LogP contribution in [0.3, 0.4) is 0 Å². The number of nitrogens with zero attached hydrogens (tertiary/aromatic N) is 9. The molecule has 0 saturated carbocycles. The minimum Gasteiger partial charge on any atom is -0.491 e. The van der Waals surface area contributed by atoms with Gasteiger partial charge in [0.25, 0.3) is 11.8 Å². The van der Waals surface area contributed by atoms with E-state index in [1.165, 1.54) is 0 Å². The van der Waals surface area contributed by atoms with Crippen molar-refractivity contribution in [2.24, 2.45) is 11.7 Å². The van der Waals surface area contributed by atoms with Crippen molar-refractivity contribution < 1.29 is 23.9 Å². The number of pyridine rings is 1. The van der Waals surface area contributed by atoms with Gasteiger partial charge in [0.15, 0.2) is 5.65 Å². The summed E-state index contributed by atoms with van der Waals surface area (Å²) in [6, 6.07) is 10.2. The lowest BCUT2D eigenvalue weighted by Gasteiger charge is -2.26. The van der Waals surface area contributed by atoms with E-state index in [2.05, 4.69) is 30.8 Å². The number of hydrogen-bond acceptors (Lipinski definition) is 10. The minimum atomic E-state index is -0.635. The molecule has 1 aliphatic rings. The molecular formula is C36H40N12O5. The van der Waals surface area contributed by atoms with Crippen molar-refractivity contribution in [2.45, 2.75) is 53.9 Å². The Kier molecular flexibility index (Phi) is 9.73. The Morgan fingerprint density at radius 1 is 0.887 bits per heavy atom. The third-order valence-corrected chi connectivity index (χ3v) is 8.84. The number of carbonyl (C=O) groups excluding carboxylic acids is 3. The fourth-order valence-electron chi connectivity index (χ4n) is 6.20. The quantitative estimate of drug-likeness (QED) is 0.139. The Labute approximate surface area is 303 Å². The summed E-state index contributed by atoms with van der Waals surface area (Å²) in [4.78, 5) is 53.2. The zero-order valence-corrected chi connectivity index (χ0v) is 29.9. The molecule has 0 aliphatic carbocycles. The molecule has 1 aromatic carbocycles. The average molecular weight is 721 g/mol. The molecular weight excluding hydrogens is 680 g/mol. The lowest BCUT2D eigenvalue weighted by Crippen LogP contribution is -2.32.